The zero-order valence-corrected chi connectivity index (χ0v) is 12.9. The van der Waals surface area contributed by atoms with Crippen molar-refractivity contribution in [2.45, 2.75) is 14.7 Å². The van der Waals surface area contributed by atoms with Crippen LogP contribution in [-0.2, 0) is 0 Å². The number of phenols is 1. The van der Waals surface area contributed by atoms with Crippen LogP contribution in [0.3, 0.4) is 0 Å². The Morgan fingerprint density at radius 2 is 0.952 bits per heavy atom. The first-order valence-electron chi connectivity index (χ1n) is 6.63. The highest BCUT2D eigenvalue weighted by Crippen LogP contribution is 2.72. The van der Waals surface area contributed by atoms with Crippen LogP contribution in [0.2, 0.25) is 0 Å². The van der Waals surface area contributed by atoms with Crippen molar-refractivity contribution in [3.63, 3.8) is 0 Å². The predicted molar refractivity (Wildman–Crippen MR) is 89.2 cm³/mol. The number of hydrogen-bond acceptors (Lipinski definition) is 1. The van der Waals surface area contributed by atoms with Crippen molar-refractivity contribution in [3.8, 4) is 5.75 Å². The van der Waals surface area contributed by atoms with Crippen LogP contribution in [0.15, 0.2) is 99.6 Å². The molecule has 0 unspecified atom stereocenters. The molecule has 0 heterocycles. The number of benzene rings is 3. The van der Waals surface area contributed by atoms with E-state index >= 15 is 0 Å². The quantitative estimate of drug-likeness (QED) is 0.645. The topological polar surface area (TPSA) is 20.2 Å². The normalized spacial score (nSPS) is 12.0. The second-order valence-electron chi connectivity index (χ2n) is 4.66. The fraction of sp³-hybridized carbons (Fsp3) is 0. The first-order chi connectivity index (χ1) is 10.2. The van der Waals surface area contributed by atoms with E-state index < -0.39 is 9.24 Å². The third-order valence-corrected chi connectivity index (χ3v) is 7.67. The van der Waals surface area contributed by atoms with Crippen LogP contribution in [0.5, 0.6) is 5.75 Å². The molecule has 21 heavy (non-hydrogen) atoms. The van der Waals surface area contributed by atoms with E-state index in [4.69, 9.17) is 10.7 Å². The van der Waals surface area contributed by atoms with Crippen LogP contribution in [0.25, 0.3) is 0 Å². The van der Waals surface area contributed by atoms with Crippen LogP contribution in [-0.4, -0.2) is 5.11 Å². The maximum atomic E-state index is 9.53. The summed E-state index contributed by atoms with van der Waals surface area (Å²) in [5, 5.41) is 9.53. The van der Waals surface area contributed by atoms with Crippen molar-refractivity contribution in [1.82, 2.24) is 0 Å². The molecule has 0 spiro atoms. The van der Waals surface area contributed by atoms with E-state index in [1.54, 1.807) is 12.1 Å². The minimum Gasteiger partial charge on any atom is -0.508 e. The van der Waals surface area contributed by atoms with E-state index in [2.05, 4.69) is 24.3 Å². The molecule has 0 aliphatic heterocycles. The van der Waals surface area contributed by atoms with E-state index in [0.717, 1.165) is 14.7 Å². The number of hydrogen-bond donors (Lipinski definition) is 1. The fourth-order valence-corrected chi connectivity index (χ4v) is 5.58. The fourth-order valence-electron chi connectivity index (χ4n) is 2.26. The molecule has 0 fully saturated rings. The Hall–Kier alpha value is -1.90. The van der Waals surface area contributed by atoms with E-state index in [1.165, 1.54) is 0 Å². The smallest absolute Gasteiger partial charge is 0.115 e. The van der Waals surface area contributed by atoms with E-state index in [1.807, 2.05) is 48.5 Å². The minimum absolute atomic E-state index is 0.248. The van der Waals surface area contributed by atoms with E-state index in [0.29, 0.717) is 0 Å². The largest absolute Gasteiger partial charge is 0.508 e. The molecule has 106 valence electrons. The van der Waals surface area contributed by atoms with Crippen LogP contribution in [0.4, 0.5) is 0 Å². The average Bonchev–Trinajstić information content (AvgIpc) is 2.56. The summed E-state index contributed by atoms with van der Waals surface area (Å²) in [6.07, 6.45) is 0. The molecule has 1 nitrogen and oxygen atoms in total. The maximum absolute atomic E-state index is 9.53. The molecule has 3 heteroatoms. The van der Waals surface area contributed by atoms with E-state index in [9.17, 15) is 5.11 Å². The number of halogens is 1. The van der Waals surface area contributed by atoms with Gasteiger partial charge in [-0.25, -0.2) is 0 Å². The lowest BCUT2D eigenvalue weighted by Crippen LogP contribution is -1.96. The van der Waals surface area contributed by atoms with Crippen LogP contribution in [0.1, 0.15) is 0 Å². The summed E-state index contributed by atoms with van der Waals surface area (Å²) in [6, 6.07) is 27.4. The van der Waals surface area contributed by atoms with Crippen molar-refractivity contribution >= 4 is 19.9 Å². The molecular formula is C18H15ClOS. The lowest BCUT2D eigenvalue weighted by atomic mass is 10.3. The SMILES string of the molecule is Oc1ccc(S(Cl)(c2ccccc2)c2ccccc2)cc1. The Labute approximate surface area is 130 Å². The molecule has 3 aromatic rings. The summed E-state index contributed by atoms with van der Waals surface area (Å²) in [5.74, 6) is 0.248. The summed E-state index contributed by atoms with van der Waals surface area (Å²) < 4.78 is 0. The molecule has 0 amide bonds. The van der Waals surface area contributed by atoms with Crippen LogP contribution in [0, 0.1) is 0 Å². The Kier molecular flexibility index (Phi) is 3.91. The van der Waals surface area contributed by atoms with Crippen molar-refractivity contribution < 1.29 is 5.11 Å². The summed E-state index contributed by atoms with van der Waals surface area (Å²) in [4.78, 5) is 3.19. The van der Waals surface area contributed by atoms with Gasteiger partial charge in [0.1, 0.15) is 5.75 Å². The molecule has 0 bridgehead atoms. The molecule has 0 atom stereocenters. The Bertz CT molecular complexity index is 672. The lowest BCUT2D eigenvalue weighted by molar-refractivity contribution is 0.475. The van der Waals surface area contributed by atoms with Crippen molar-refractivity contribution in [1.29, 1.82) is 0 Å². The Balaban J connectivity index is 2.23. The zero-order chi connectivity index (χ0) is 14.7. The van der Waals surface area contributed by atoms with Gasteiger partial charge in [0.25, 0.3) is 0 Å². The zero-order valence-electron chi connectivity index (χ0n) is 11.3. The van der Waals surface area contributed by atoms with Gasteiger partial charge in [0.15, 0.2) is 0 Å². The third-order valence-electron chi connectivity index (χ3n) is 3.30. The third kappa shape index (κ3) is 2.65. The second kappa shape index (κ2) is 5.84. The molecule has 1 N–H and O–H groups in total. The highest BCUT2D eigenvalue weighted by Gasteiger charge is 2.28. The van der Waals surface area contributed by atoms with Gasteiger partial charge in [-0.1, -0.05) is 56.3 Å². The first-order valence-corrected chi connectivity index (χ1v) is 9.09. The molecule has 3 rings (SSSR count). The molecule has 0 aromatic heterocycles. The van der Waals surface area contributed by atoms with Gasteiger partial charge in [-0.3, -0.25) is 0 Å². The number of phenolic OH excluding ortho intramolecular Hbond substituents is 1. The van der Waals surface area contributed by atoms with Crippen molar-refractivity contribution in [3.05, 3.63) is 84.9 Å². The lowest BCUT2D eigenvalue weighted by Gasteiger charge is -2.34. The van der Waals surface area contributed by atoms with Crippen molar-refractivity contribution in [2.75, 3.05) is 0 Å². The molecule has 0 aliphatic rings. The van der Waals surface area contributed by atoms with Crippen LogP contribution >= 0.6 is 19.9 Å². The highest BCUT2D eigenvalue weighted by molar-refractivity contribution is 8.51. The van der Waals surface area contributed by atoms with E-state index in [-0.39, 0.29) is 5.75 Å². The second-order valence-corrected chi connectivity index (χ2v) is 8.54. The van der Waals surface area contributed by atoms with Gasteiger partial charge in [0.2, 0.25) is 0 Å². The van der Waals surface area contributed by atoms with Gasteiger partial charge in [0, 0.05) is 14.7 Å². The van der Waals surface area contributed by atoms with Crippen LogP contribution < -0.4 is 0 Å². The summed E-state index contributed by atoms with van der Waals surface area (Å²) in [6.45, 7) is 0. The highest BCUT2D eigenvalue weighted by atomic mass is 35.7. The molecular weight excluding hydrogens is 300 g/mol. The van der Waals surface area contributed by atoms with Crippen molar-refractivity contribution in [2.24, 2.45) is 0 Å². The van der Waals surface area contributed by atoms with Gasteiger partial charge in [-0.15, -0.1) is 0 Å². The molecule has 3 aromatic carbocycles. The molecule has 0 saturated carbocycles. The summed E-state index contributed by atoms with van der Waals surface area (Å²) >= 11 is 0. The first kappa shape index (κ1) is 14.1. The standard InChI is InChI=1S/C18H15ClOS/c19-21(16-7-3-1-4-8-16,17-9-5-2-6-10-17)18-13-11-15(20)12-14-18/h1-14,20H. The Morgan fingerprint density at radius 1 is 0.571 bits per heavy atom. The molecule has 0 saturated heterocycles. The number of aromatic hydroxyl groups is 1. The van der Waals surface area contributed by atoms with Gasteiger partial charge in [0.05, 0.1) is 0 Å². The van der Waals surface area contributed by atoms with Gasteiger partial charge < -0.3 is 5.11 Å². The summed E-state index contributed by atoms with van der Waals surface area (Å²) in [7, 11) is 5.34. The predicted octanol–water partition coefficient (Wildman–Crippen LogP) is 5.83. The van der Waals surface area contributed by atoms with Gasteiger partial charge >= 0.3 is 0 Å². The minimum atomic E-state index is -1.83. The summed E-state index contributed by atoms with van der Waals surface area (Å²) in [5.41, 5.74) is 0. The van der Waals surface area contributed by atoms with Gasteiger partial charge in [-0.05, 0) is 48.5 Å². The molecule has 0 radical (unpaired) electrons. The Morgan fingerprint density at radius 3 is 1.38 bits per heavy atom. The van der Waals surface area contributed by atoms with Gasteiger partial charge in [-0.2, -0.15) is 0 Å². The maximum Gasteiger partial charge on any atom is 0.115 e. The molecule has 0 aliphatic carbocycles. The number of rotatable bonds is 3. The monoisotopic (exact) mass is 314 g/mol. The average molecular weight is 315 g/mol.